The zero-order chi connectivity index (χ0) is 13.7. The van der Waals surface area contributed by atoms with E-state index >= 15 is 0 Å². The highest BCUT2D eigenvalue weighted by molar-refractivity contribution is 6.42. The van der Waals surface area contributed by atoms with Crippen LogP contribution in [0, 0.1) is 0 Å². The molecule has 2 nitrogen and oxygen atoms in total. The van der Waals surface area contributed by atoms with Crippen LogP contribution in [0.1, 0.15) is 24.2 Å². The van der Waals surface area contributed by atoms with Gasteiger partial charge >= 0.3 is 0 Å². The molecule has 1 unspecified atom stereocenters. The van der Waals surface area contributed by atoms with Gasteiger partial charge in [0, 0.05) is 6.20 Å². The molecule has 0 fully saturated rings. The van der Waals surface area contributed by atoms with Gasteiger partial charge in [-0.2, -0.15) is 0 Å². The van der Waals surface area contributed by atoms with E-state index in [0.29, 0.717) is 10.0 Å². The number of aromatic nitrogens is 1. The average Bonchev–Trinajstić information content (AvgIpc) is 2.44. The van der Waals surface area contributed by atoms with Gasteiger partial charge in [-0.1, -0.05) is 48.3 Å². The van der Waals surface area contributed by atoms with Crippen LogP contribution in [0.3, 0.4) is 0 Å². The quantitative estimate of drug-likeness (QED) is 0.890. The van der Waals surface area contributed by atoms with E-state index in [1.165, 1.54) is 0 Å². The molecule has 0 aliphatic carbocycles. The molecule has 1 heterocycles. The Kier molecular flexibility index (Phi) is 5.20. The second-order valence-electron chi connectivity index (χ2n) is 4.28. The van der Waals surface area contributed by atoms with Crippen molar-refractivity contribution >= 4 is 23.2 Å². The van der Waals surface area contributed by atoms with Crippen LogP contribution in [-0.4, -0.2) is 11.5 Å². The van der Waals surface area contributed by atoms with Gasteiger partial charge < -0.3 is 5.32 Å². The zero-order valence-corrected chi connectivity index (χ0v) is 12.2. The first-order valence-electron chi connectivity index (χ1n) is 6.29. The Morgan fingerprint density at radius 3 is 2.68 bits per heavy atom. The molecule has 0 aliphatic heterocycles. The van der Waals surface area contributed by atoms with Crippen molar-refractivity contribution in [3.05, 3.63) is 63.9 Å². The van der Waals surface area contributed by atoms with Crippen LogP contribution in [0.25, 0.3) is 0 Å². The number of hydrogen-bond acceptors (Lipinski definition) is 2. The topological polar surface area (TPSA) is 24.9 Å². The lowest BCUT2D eigenvalue weighted by Crippen LogP contribution is -2.23. The summed E-state index contributed by atoms with van der Waals surface area (Å²) in [4.78, 5) is 4.41. The molecule has 0 amide bonds. The van der Waals surface area contributed by atoms with Gasteiger partial charge in [-0.15, -0.1) is 0 Å². The molecule has 0 spiro atoms. The number of nitrogens with one attached hydrogen (secondary N) is 1. The van der Waals surface area contributed by atoms with Gasteiger partial charge in [-0.05, 0) is 36.7 Å². The van der Waals surface area contributed by atoms with Crippen molar-refractivity contribution in [2.45, 2.75) is 19.4 Å². The molecule has 0 saturated heterocycles. The predicted octanol–water partition coefficient (Wildman–Crippen LogP) is 4.28. The van der Waals surface area contributed by atoms with Gasteiger partial charge in [0.05, 0.1) is 21.8 Å². The minimum Gasteiger partial charge on any atom is -0.309 e. The monoisotopic (exact) mass is 294 g/mol. The summed E-state index contributed by atoms with van der Waals surface area (Å²) in [5.74, 6) is 0. The molecule has 1 atom stereocenters. The molecule has 0 bridgehead atoms. The Balaban J connectivity index is 2.24. The first-order chi connectivity index (χ1) is 9.22. The molecule has 2 rings (SSSR count). The number of rotatable bonds is 5. The first-order valence-corrected chi connectivity index (χ1v) is 7.05. The molecule has 100 valence electrons. The van der Waals surface area contributed by atoms with Gasteiger partial charge in [-0.25, -0.2) is 0 Å². The number of likely N-dealkylation sites (N-methyl/N-ethyl adjacent to an activating group) is 1. The first kappa shape index (κ1) is 14.3. The Hall–Kier alpha value is -1.09. The molecule has 0 aliphatic rings. The fraction of sp³-hybridized carbons (Fsp3) is 0.267. The maximum Gasteiger partial charge on any atom is 0.0625 e. The van der Waals surface area contributed by atoms with E-state index in [9.17, 15) is 0 Å². The van der Waals surface area contributed by atoms with Crippen LogP contribution < -0.4 is 5.32 Å². The summed E-state index contributed by atoms with van der Waals surface area (Å²) in [7, 11) is 0. The van der Waals surface area contributed by atoms with Crippen LogP contribution in [0.2, 0.25) is 10.0 Å². The van der Waals surface area contributed by atoms with Crippen molar-refractivity contribution in [1.82, 2.24) is 10.3 Å². The molecule has 0 radical (unpaired) electrons. The van der Waals surface area contributed by atoms with E-state index < -0.39 is 0 Å². The van der Waals surface area contributed by atoms with Crippen LogP contribution in [-0.2, 0) is 6.42 Å². The Bertz CT molecular complexity index is 529. The maximum atomic E-state index is 6.24. The summed E-state index contributed by atoms with van der Waals surface area (Å²) >= 11 is 12.3. The van der Waals surface area contributed by atoms with E-state index in [-0.39, 0.29) is 6.04 Å². The van der Waals surface area contributed by atoms with Crippen molar-refractivity contribution in [2.75, 3.05) is 6.54 Å². The summed E-state index contributed by atoms with van der Waals surface area (Å²) in [6, 6.07) is 11.8. The van der Waals surface area contributed by atoms with Crippen LogP contribution >= 0.6 is 23.2 Å². The lowest BCUT2D eigenvalue weighted by Gasteiger charge is -2.18. The third-order valence-electron chi connectivity index (χ3n) is 2.95. The fourth-order valence-corrected chi connectivity index (χ4v) is 2.43. The highest BCUT2D eigenvalue weighted by atomic mass is 35.5. The van der Waals surface area contributed by atoms with E-state index in [4.69, 9.17) is 23.2 Å². The maximum absolute atomic E-state index is 6.24. The van der Waals surface area contributed by atoms with Gasteiger partial charge in [0.1, 0.15) is 0 Å². The lowest BCUT2D eigenvalue weighted by molar-refractivity contribution is 0.537. The van der Waals surface area contributed by atoms with Crippen molar-refractivity contribution in [1.29, 1.82) is 0 Å². The van der Waals surface area contributed by atoms with E-state index in [2.05, 4.69) is 17.2 Å². The van der Waals surface area contributed by atoms with Crippen molar-refractivity contribution in [3.8, 4) is 0 Å². The SMILES string of the molecule is CCNC(Cc1cccc(Cl)c1Cl)c1ccccn1. The number of pyridine rings is 1. The molecule has 2 aromatic rings. The average molecular weight is 295 g/mol. The molecule has 1 aromatic carbocycles. The standard InChI is InChI=1S/C15H16Cl2N2/c1-2-18-14(13-8-3-4-9-19-13)10-11-6-5-7-12(16)15(11)17/h3-9,14,18H,2,10H2,1H3. The summed E-state index contributed by atoms with van der Waals surface area (Å²) in [6.07, 6.45) is 2.57. The van der Waals surface area contributed by atoms with Crippen molar-refractivity contribution in [3.63, 3.8) is 0 Å². The van der Waals surface area contributed by atoms with Gasteiger partial charge in [0.15, 0.2) is 0 Å². The van der Waals surface area contributed by atoms with Crippen molar-refractivity contribution in [2.24, 2.45) is 0 Å². The lowest BCUT2D eigenvalue weighted by atomic mass is 10.0. The summed E-state index contributed by atoms with van der Waals surface area (Å²) in [5.41, 5.74) is 2.05. The molecule has 1 aromatic heterocycles. The minimum absolute atomic E-state index is 0.141. The molecule has 0 saturated carbocycles. The van der Waals surface area contributed by atoms with Gasteiger partial charge in [0.2, 0.25) is 0 Å². The normalized spacial score (nSPS) is 12.4. The van der Waals surface area contributed by atoms with Crippen LogP contribution in [0.15, 0.2) is 42.6 Å². The number of benzene rings is 1. The Morgan fingerprint density at radius 2 is 2.00 bits per heavy atom. The summed E-state index contributed by atoms with van der Waals surface area (Å²) < 4.78 is 0. The number of nitrogens with zero attached hydrogens (tertiary/aromatic N) is 1. The predicted molar refractivity (Wildman–Crippen MR) is 80.8 cm³/mol. The smallest absolute Gasteiger partial charge is 0.0625 e. The van der Waals surface area contributed by atoms with Crippen molar-refractivity contribution < 1.29 is 0 Å². The fourth-order valence-electron chi connectivity index (χ4n) is 2.04. The van der Waals surface area contributed by atoms with E-state index in [1.54, 1.807) is 12.3 Å². The highest BCUT2D eigenvalue weighted by Crippen LogP contribution is 2.28. The summed E-state index contributed by atoms with van der Waals surface area (Å²) in [5, 5.41) is 4.65. The van der Waals surface area contributed by atoms with E-state index in [1.807, 2.05) is 30.3 Å². The second kappa shape index (κ2) is 6.90. The Labute approximate surface area is 123 Å². The van der Waals surface area contributed by atoms with Crippen LogP contribution in [0.5, 0.6) is 0 Å². The van der Waals surface area contributed by atoms with Gasteiger partial charge in [-0.3, -0.25) is 4.98 Å². The second-order valence-corrected chi connectivity index (χ2v) is 5.07. The Morgan fingerprint density at radius 1 is 1.16 bits per heavy atom. The number of halogens is 2. The van der Waals surface area contributed by atoms with Crippen LogP contribution in [0.4, 0.5) is 0 Å². The highest BCUT2D eigenvalue weighted by Gasteiger charge is 2.14. The molecular formula is C15H16Cl2N2. The minimum atomic E-state index is 0.141. The summed E-state index contributed by atoms with van der Waals surface area (Å²) in [6.45, 7) is 2.95. The molecular weight excluding hydrogens is 279 g/mol. The largest absolute Gasteiger partial charge is 0.309 e. The van der Waals surface area contributed by atoms with E-state index in [0.717, 1.165) is 24.2 Å². The third kappa shape index (κ3) is 3.69. The molecule has 1 N–H and O–H groups in total. The third-order valence-corrected chi connectivity index (χ3v) is 3.81. The zero-order valence-electron chi connectivity index (χ0n) is 10.7. The number of hydrogen-bond donors (Lipinski definition) is 1. The van der Waals surface area contributed by atoms with Gasteiger partial charge in [0.25, 0.3) is 0 Å². The molecule has 19 heavy (non-hydrogen) atoms. The molecule has 4 heteroatoms.